The van der Waals surface area contributed by atoms with E-state index in [-0.39, 0.29) is 0 Å². The summed E-state index contributed by atoms with van der Waals surface area (Å²) in [6, 6.07) is 0. The molecule has 0 saturated carbocycles. The molecule has 0 aromatic carbocycles. The van der Waals surface area contributed by atoms with Gasteiger partial charge in [-0.25, -0.2) is 0 Å². The van der Waals surface area contributed by atoms with Gasteiger partial charge in [-0.1, -0.05) is 20.8 Å². The molecule has 0 amide bonds. The van der Waals surface area contributed by atoms with Crippen LogP contribution in [-0.4, -0.2) is 24.6 Å². The summed E-state index contributed by atoms with van der Waals surface area (Å²) in [5.41, 5.74) is 0. The summed E-state index contributed by atoms with van der Waals surface area (Å²) in [7, 11) is 0. The van der Waals surface area contributed by atoms with Gasteiger partial charge in [0.05, 0.1) is 0 Å². The maximum atomic E-state index is 3.41. The third-order valence-electron chi connectivity index (χ3n) is 1.52. The first-order valence-corrected chi connectivity index (χ1v) is 6.21. The Morgan fingerprint density at radius 3 is 2.58 bits per heavy atom. The molecule has 0 aliphatic heterocycles. The summed E-state index contributed by atoms with van der Waals surface area (Å²) in [4.78, 5) is 0. The van der Waals surface area contributed by atoms with Gasteiger partial charge in [-0.2, -0.15) is 11.8 Å². The molecule has 0 unspecified atom stereocenters. The van der Waals surface area contributed by atoms with Crippen LogP contribution < -0.4 is 5.32 Å². The van der Waals surface area contributed by atoms with Gasteiger partial charge in [0.2, 0.25) is 0 Å². The standard InChI is InChI=1S/C10H23NS/c1-4-6-11-7-5-8-12-9-10(2)3/h10-11H,4-9H2,1-3H3. The Labute approximate surface area is 81.7 Å². The lowest BCUT2D eigenvalue weighted by molar-refractivity contribution is 0.664. The predicted molar refractivity (Wildman–Crippen MR) is 59.9 cm³/mol. The van der Waals surface area contributed by atoms with Crippen molar-refractivity contribution in [3.63, 3.8) is 0 Å². The zero-order valence-electron chi connectivity index (χ0n) is 8.73. The Morgan fingerprint density at radius 1 is 1.25 bits per heavy atom. The van der Waals surface area contributed by atoms with Crippen LogP contribution >= 0.6 is 11.8 Å². The van der Waals surface area contributed by atoms with Crippen molar-refractivity contribution in [2.24, 2.45) is 5.92 Å². The summed E-state index contributed by atoms with van der Waals surface area (Å²) < 4.78 is 0. The van der Waals surface area contributed by atoms with Crippen LogP contribution in [0, 0.1) is 5.92 Å². The van der Waals surface area contributed by atoms with E-state index in [4.69, 9.17) is 0 Å². The van der Waals surface area contributed by atoms with Crippen LogP contribution in [0.4, 0.5) is 0 Å². The van der Waals surface area contributed by atoms with Gasteiger partial charge in [0.25, 0.3) is 0 Å². The average molecular weight is 189 g/mol. The molecule has 74 valence electrons. The smallest absolute Gasteiger partial charge is 0.00411 e. The molecular weight excluding hydrogens is 166 g/mol. The molecule has 12 heavy (non-hydrogen) atoms. The third-order valence-corrected chi connectivity index (χ3v) is 3.00. The molecule has 0 aromatic heterocycles. The molecule has 0 saturated heterocycles. The molecule has 1 N–H and O–H groups in total. The topological polar surface area (TPSA) is 12.0 Å². The number of hydrogen-bond acceptors (Lipinski definition) is 2. The maximum absolute atomic E-state index is 3.41. The first kappa shape index (κ1) is 12.3. The van der Waals surface area contributed by atoms with E-state index in [0.717, 1.165) is 5.92 Å². The monoisotopic (exact) mass is 189 g/mol. The highest BCUT2D eigenvalue weighted by Crippen LogP contribution is 2.07. The van der Waals surface area contributed by atoms with Crippen LogP contribution in [0.2, 0.25) is 0 Å². The van der Waals surface area contributed by atoms with Crippen LogP contribution in [0.15, 0.2) is 0 Å². The fourth-order valence-electron chi connectivity index (χ4n) is 0.920. The molecule has 0 radical (unpaired) electrons. The lowest BCUT2D eigenvalue weighted by Crippen LogP contribution is -2.16. The highest BCUT2D eigenvalue weighted by molar-refractivity contribution is 7.99. The largest absolute Gasteiger partial charge is 0.317 e. The van der Waals surface area contributed by atoms with Crippen molar-refractivity contribution in [2.45, 2.75) is 33.6 Å². The Morgan fingerprint density at radius 2 is 2.00 bits per heavy atom. The van der Waals surface area contributed by atoms with E-state index in [1.54, 1.807) is 0 Å². The Balaban J connectivity index is 2.82. The summed E-state index contributed by atoms with van der Waals surface area (Å²) in [6.07, 6.45) is 2.57. The summed E-state index contributed by atoms with van der Waals surface area (Å²) in [5, 5.41) is 3.41. The van der Waals surface area contributed by atoms with Gasteiger partial charge < -0.3 is 5.32 Å². The highest BCUT2D eigenvalue weighted by Gasteiger charge is 1.93. The summed E-state index contributed by atoms with van der Waals surface area (Å²) in [5.74, 6) is 3.47. The molecule has 0 aromatic rings. The van der Waals surface area contributed by atoms with Crippen molar-refractivity contribution in [3.8, 4) is 0 Å². The van der Waals surface area contributed by atoms with Crippen molar-refractivity contribution >= 4 is 11.8 Å². The van der Waals surface area contributed by atoms with E-state index in [1.807, 2.05) is 0 Å². The van der Waals surface area contributed by atoms with Gasteiger partial charge >= 0.3 is 0 Å². The minimum atomic E-state index is 0.846. The average Bonchev–Trinajstić information content (AvgIpc) is 2.02. The van der Waals surface area contributed by atoms with Crippen LogP contribution in [0.5, 0.6) is 0 Å². The second-order valence-corrected chi connectivity index (χ2v) is 4.72. The normalized spacial score (nSPS) is 11.0. The lowest BCUT2D eigenvalue weighted by Gasteiger charge is -2.04. The van der Waals surface area contributed by atoms with Gasteiger partial charge in [-0.05, 0) is 43.4 Å². The second-order valence-electron chi connectivity index (χ2n) is 3.57. The van der Waals surface area contributed by atoms with Crippen molar-refractivity contribution in [1.82, 2.24) is 5.32 Å². The van der Waals surface area contributed by atoms with E-state index in [0.29, 0.717) is 0 Å². The molecule has 0 spiro atoms. The fraction of sp³-hybridized carbons (Fsp3) is 1.00. The van der Waals surface area contributed by atoms with Crippen LogP contribution in [-0.2, 0) is 0 Å². The molecule has 0 heterocycles. The van der Waals surface area contributed by atoms with Gasteiger partial charge in [0, 0.05) is 0 Å². The molecular formula is C10H23NS. The van der Waals surface area contributed by atoms with E-state index in [9.17, 15) is 0 Å². The second kappa shape index (κ2) is 9.40. The van der Waals surface area contributed by atoms with E-state index < -0.39 is 0 Å². The zero-order chi connectivity index (χ0) is 9.23. The van der Waals surface area contributed by atoms with Gasteiger partial charge in [0.15, 0.2) is 0 Å². The van der Waals surface area contributed by atoms with Crippen LogP contribution in [0.1, 0.15) is 33.6 Å². The van der Waals surface area contributed by atoms with E-state index in [2.05, 4.69) is 37.8 Å². The van der Waals surface area contributed by atoms with Crippen molar-refractivity contribution in [1.29, 1.82) is 0 Å². The molecule has 0 aliphatic carbocycles. The van der Waals surface area contributed by atoms with Gasteiger partial charge in [-0.15, -0.1) is 0 Å². The maximum Gasteiger partial charge on any atom is -0.00411 e. The highest BCUT2D eigenvalue weighted by atomic mass is 32.2. The molecule has 0 fully saturated rings. The molecule has 0 atom stereocenters. The summed E-state index contributed by atoms with van der Waals surface area (Å²) >= 11 is 2.08. The number of hydrogen-bond donors (Lipinski definition) is 1. The lowest BCUT2D eigenvalue weighted by atomic mass is 10.3. The SMILES string of the molecule is CCCNCCCSCC(C)C. The van der Waals surface area contributed by atoms with Crippen molar-refractivity contribution in [3.05, 3.63) is 0 Å². The van der Waals surface area contributed by atoms with Crippen molar-refractivity contribution < 1.29 is 0 Å². The Hall–Kier alpha value is 0.310. The minimum absolute atomic E-state index is 0.846. The zero-order valence-corrected chi connectivity index (χ0v) is 9.54. The first-order valence-electron chi connectivity index (χ1n) is 5.05. The van der Waals surface area contributed by atoms with Gasteiger partial charge in [0.1, 0.15) is 0 Å². The van der Waals surface area contributed by atoms with Crippen LogP contribution in [0.3, 0.4) is 0 Å². The quantitative estimate of drug-likeness (QED) is 0.589. The predicted octanol–water partition coefficient (Wildman–Crippen LogP) is 2.77. The molecule has 2 heteroatoms. The number of rotatable bonds is 8. The van der Waals surface area contributed by atoms with Crippen LogP contribution in [0.25, 0.3) is 0 Å². The van der Waals surface area contributed by atoms with E-state index in [1.165, 1.54) is 37.4 Å². The Bertz CT molecular complexity index is 83.9. The molecule has 1 nitrogen and oxygen atoms in total. The third kappa shape index (κ3) is 10.3. The number of thioether (sulfide) groups is 1. The number of nitrogens with one attached hydrogen (secondary N) is 1. The van der Waals surface area contributed by atoms with Crippen molar-refractivity contribution in [2.75, 3.05) is 24.6 Å². The fourth-order valence-corrected chi connectivity index (χ4v) is 1.91. The molecule has 0 bridgehead atoms. The Kier molecular flexibility index (Phi) is 9.64. The minimum Gasteiger partial charge on any atom is -0.317 e. The first-order chi connectivity index (χ1) is 5.77. The molecule has 0 rings (SSSR count). The molecule has 0 aliphatic rings. The van der Waals surface area contributed by atoms with E-state index >= 15 is 0 Å². The van der Waals surface area contributed by atoms with Gasteiger partial charge in [-0.3, -0.25) is 0 Å². The summed E-state index contributed by atoms with van der Waals surface area (Å²) in [6.45, 7) is 9.14.